The molecule has 2 heterocycles. The van der Waals surface area contributed by atoms with E-state index in [0.717, 1.165) is 36.2 Å². The van der Waals surface area contributed by atoms with Crippen LogP contribution >= 0.6 is 15.9 Å². The first-order valence-corrected chi connectivity index (χ1v) is 7.89. The third-order valence-corrected chi connectivity index (χ3v) is 4.25. The molecule has 1 aromatic carbocycles. The predicted octanol–water partition coefficient (Wildman–Crippen LogP) is 4.06. The van der Waals surface area contributed by atoms with Crippen LogP contribution in [0, 0.1) is 5.82 Å². The summed E-state index contributed by atoms with van der Waals surface area (Å²) >= 11 is 3.27. The largest absolute Gasteiger partial charge is 0.380 e. The molecule has 1 aromatic heterocycles. The molecule has 0 spiro atoms. The van der Waals surface area contributed by atoms with Gasteiger partial charge in [-0.1, -0.05) is 22.0 Å². The molecular formula is C16H17BrFN3. The second kappa shape index (κ2) is 6.43. The van der Waals surface area contributed by atoms with E-state index in [1.807, 2.05) is 30.5 Å². The van der Waals surface area contributed by atoms with Crippen molar-refractivity contribution in [3.8, 4) is 0 Å². The first-order chi connectivity index (χ1) is 10.2. The minimum atomic E-state index is -0.212. The summed E-state index contributed by atoms with van der Waals surface area (Å²) in [6, 6.07) is 11.4. The minimum absolute atomic E-state index is 0.212. The number of pyridine rings is 1. The van der Waals surface area contributed by atoms with E-state index in [2.05, 4.69) is 31.1 Å². The van der Waals surface area contributed by atoms with Crippen molar-refractivity contribution in [2.24, 2.45) is 0 Å². The molecule has 0 atom stereocenters. The summed E-state index contributed by atoms with van der Waals surface area (Å²) in [6.07, 6.45) is 3.77. The monoisotopic (exact) mass is 349 g/mol. The Morgan fingerprint density at radius 2 is 2.00 bits per heavy atom. The zero-order chi connectivity index (χ0) is 14.7. The molecule has 1 fully saturated rings. The molecule has 1 saturated heterocycles. The molecule has 1 aliphatic rings. The van der Waals surface area contributed by atoms with Gasteiger partial charge in [-0.3, -0.25) is 0 Å². The highest BCUT2D eigenvalue weighted by atomic mass is 79.9. The van der Waals surface area contributed by atoms with Crippen LogP contribution in [0.4, 0.5) is 15.9 Å². The van der Waals surface area contributed by atoms with E-state index in [1.54, 1.807) is 6.07 Å². The van der Waals surface area contributed by atoms with E-state index in [9.17, 15) is 4.39 Å². The predicted molar refractivity (Wildman–Crippen MR) is 87.2 cm³/mol. The van der Waals surface area contributed by atoms with Gasteiger partial charge < -0.3 is 10.2 Å². The van der Waals surface area contributed by atoms with E-state index in [-0.39, 0.29) is 5.82 Å². The average Bonchev–Trinajstić information content (AvgIpc) is 2.52. The van der Waals surface area contributed by atoms with E-state index >= 15 is 0 Å². The Bertz CT molecular complexity index is 598. The lowest BCUT2D eigenvalue weighted by Gasteiger charge is -2.33. The lowest BCUT2D eigenvalue weighted by atomic mass is 10.0. The summed E-state index contributed by atoms with van der Waals surface area (Å²) in [4.78, 5) is 6.65. The molecule has 0 unspecified atom stereocenters. The highest BCUT2D eigenvalue weighted by molar-refractivity contribution is 9.10. The molecular weight excluding hydrogens is 333 g/mol. The quantitative estimate of drug-likeness (QED) is 0.905. The van der Waals surface area contributed by atoms with E-state index < -0.39 is 0 Å². The molecule has 0 bridgehead atoms. The molecule has 0 amide bonds. The van der Waals surface area contributed by atoms with Gasteiger partial charge in [0, 0.05) is 29.8 Å². The Labute approximate surface area is 132 Å². The summed E-state index contributed by atoms with van der Waals surface area (Å²) in [5, 5.41) is 3.31. The number of aromatic nitrogens is 1. The Kier molecular flexibility index (Phi) is 4.39. The van der Waals surface area contributed by atoms with Crippen LogP contribution in [0.2, 0.25) is 0 Å². The van der Waals surface area contributed by atoms with Gasteiger partial charge in [0.15, 0.2) is 0 Å². The van der Waals surface area contributed by atoms with Crippen molar-refractivity contribution in [1.29, 1.82) is 0 Å². The molecule has 5 heteroatoms. The molecule has 1 aliphatic heterocycles. The van der Waals surface area contributed by atoms with Crippen LogP contribution in [-0.4, -0.2) is 24.1 Å². The van der Waals surface area contributed by atoms with Gasteiger partial charge in [0.1, 0.15) is 11.6 Å². The number of benzene rings is 1. The molecule has 21 heavy (non-hydrogen) atoms. The van der Waals surface area contributed by atoms with Crippen LogP contribution in [-0.2, 0) is 0 Å². The molecule has 110 valence electrons. The first-order valence-electron chi connectivity index (χ1n) is 7.10. The summed E-state index contributed by atoms with van der Waals surface area (Å²) < 4.78 is 14.6. The fourth-order valence-electron chi connectivity index (χ4n) is 2.62. The van der Waals surface area contributed by atoms with Crippen LogP contribution in [0.15, 0.2) is 47.1 Å². The molecule has 0 aliphatic carbocycles. The molecule has 1 N–H and O–H groups in total. The molecule has 0 radical (unpaired) electrons. The zero-order valence-corrected chi connectivity index (χ0v) is 13.2. The maximum atomic E-state index is 13.8. The second-order valence-electron chi connectivity index (χ2n) is 5.22. The summed E-state index contributed by atoms with van der Waals surface area (Å²) in [5.74, 6) is 0.808. The molecule has 0 saturated carbocycles. The summed E-state index contributed by atoms with van der Waals surface area (Å²) in [6.45, 7) is 1.87. The van der Waals surface area contributed by atoms with Crippen molar-refractivity contribution >= 4 is 27.4 Å². The molecule has 3 rings (SSSR count). The third-order valence-electron chi connectivity index (χ3n) is 3.76. The highest BCUT2D eigenvalue weighted by Gasteiger charge is 2.20. The Morgan fingerprint density at radius 3 is 2.67 bits per heavy atom. The number of hydrogen-bond donors (Lipinski definition) is 1. The van der Waals surface area contributed by atoms with Gasteiger partial charge in [0.05, 0.1) is 5.69 Å². The van der Waals surface area contributed by atoms with Crippen molar-refractivity contribution in [2.45, 2.75) is 18.9 Å². The third kappa shape index (κ3) is 3.53. The van der Waals surface area contributed by atoms with Crippen molar-refractivity contribution in [2.75, 3.05) is 23.3 Å². The molecule has 3 nitrogen and oxygen atoms in total. The number of hydrogen-bond acceptors (Lipinski definition) is 3. The highest BCUT2D eigenvalue weighted by Crippen LogP contribution is 2.24. The summed E-state index contributed by atoms with van der Waals surface area (Å²) in [7, 11) is 0. The maximum Gasteiger partial charge on any atom is 0.147 e. The fraction of sp³-hybridized carbons (Fsp3) is 0.312. The van der Waals surface area contributed by atoms with Gasteiger partial charge in [-0.05, 0) is 43.2 Å². The SMILES string of the molecule is Fc1cc(Br)ccc1NC1CCN(c2ccccn2)CC1. The van der Waals surface area contributed by atoms with Crippen LogP contribution in [0.3, 0.4) is 0 Å². The lowest BCUT2D eigenvalue weighted by molar-refractivity contribution is 0.519. The number of halogens is 2. The van der Waals surface area contributed by atoms with Crippen LogP contribution in [0.5, 0.6) is 0 Å². The van der Waals surface area contributed by atoms with E-state index in [0.29, 0.717) is 11.7 Å². The fourth-order valence-corrected chi connectivity index (χ4v) is 2.95. The number of nitrogens with zero attached hydrogens (tertiary/aromatic N) is 2. The Morgan fingerprint density at radius 1 is 1.19 bits per heavy atom. The minimum Gasteiger partial charge on any atom is -0.380 e. The van der Waals surface area contributed by atoms with E-state index in [4.69, 9.17) is 0 Å². The average molecular weight is 350 g/mol. The summed E-state index contributed by atoms with van der Waals surface area (Å²) in [5.41, 5.74) is 0.578. The standard InChI is InChI=1S/C16H17BrFN3/c17-12-4-5-15(14(18)11-12)20-13-6-9-21(10-7-13)16-3-1-2-8-19-16/h1-5,8,11,13,20H,6-7,9-10H2. The van der Waals surface area contributed by atoms with Crippen molar-refractivity contribution in [1.82, 2.24) is 4.98 Å². The van der Waals surface area contributed by atoms with Gasteiger partial charge in [0.2, 0.25) is 0 Å². The van der Waals surface area contributed by atoms with Crippen molar-refractivity contribution in [3.63, 3.8) is 0 Å². The first kappa shape index (κ1) is 14.3. The van der Waals surface area contributed by atoms with Gasteiger partial charge in [-0.15, -0.1) is 0 Å². The Balaban J connectivity index is 1.59. The number of anilines is 2. The number of nitrogens with one attached hydrogen (secondary N) is 1. The van der Waals surface area contributed by atoms with Gasteiger partial charge in [-0.25, -0.2) is 9.37 Å². The van der Waals surface area contributed by atoms with Crippen LogP contribution < -0.4 is 10.2 Å². The molecule has 2 aromatic rings. The van der Waals surface area contributed by atoms with Gasteiger partial charge in [-0.2, -0.15) is 0 Å². The van der Waals surface area contributed by atoms with Crippen LogP contribution in [0.25, 0.3) is 0 Å². The van der Waals surface area contributed by atoms with Gasteiger partial charge >= 0.3 is 0 Å². The zero-order valence-electron chi connectivity index (χ0n) is 11.6. The number of rotatable bonds is 3. The van der Waals surface area contributed by atoms with E-state index in [1.165, 1.54) is 6.07 Å². The topological polar surface area (TPSA) is 28.2 Å². The van der Waals surface area contributed by atoms with Gasteiger partial charge in [0.25, 0.3) is 0 Å². The van der Waals surface area contributed by atoms with Crippen LogP contribution in [0.1, 0.15) is 12.8 Å². The number of piperidine rings is 1. The Hall–Kier alpha value is -1.62. The van der Waals surface area contributed by atoms with Crippen molar-refractivity contribution < 1.29 is 4.39 Å². The second-order valence-corrected chi connectivity index (χ2v) is 6.13. The van der Waals surface area contributed by atoms with Crippen molar-refractivity contribution in [3.05, 3.63) is 52.9 Å². The maximum absolute atomic E-state index is 13.8. The lowest BCUT2D eigenvalue weighted by Crippen LogP contribution is -2.39. The smallest absolute Gasteiger partial charge is 0.147 e. The normalized spacial score (nSPS) is 16.0.